The molecular formula is C19H35N3. The molecule has 0 aliphatic heterocycles. The summed E-state index contributed by atoms with van der Waals surface area (Å²) in [5.41, 5.74) is 0.405. The van der Waals surface area contributed by atoms with E-state index in [0.717, 1.165) is 31.2 Å². The van der Waals surface area contributed by atoms with Crippen LogP contribution in [0.2, 0.25) is 0 Å². The first-order valence-electron chi connectivity index (χ1n) is 9.09. The van der Waals surface area contributed by atoms with Crippen molar-refractivity contribution < 1.29 is 0 Å². The average Bonchev–Trinajstić information content (AvgIpc) is 2.53. The van der Waals surface area contributed by atoms with Gasteiger partial charge in [0.25, 0.3) is 0 Å². The summed E-state index contributed by atoms with van der Waals surface area (Å²) in [5.74, 6) is 2.11. The molecule has 0 saturated heterocycles. The third-order valence-electron chi connectivity index (χ3n) is 4.57. The summed E-state index contributed by atoms with van der Waals surface area (Å²) in [5, 5.41) is 0. The van der Waals surface area contributed by atoms with Crippen molar-refractivity contribution in [1.82, 2.24) is 9.97 Å². The maximum Gasteiger partial charge on any atom is 0.132 e. The Kier molecular flexibility index (Phi) is 8.44. The smallest absolute Gasteiger partial charge is 0.132 e. The summed E-state index contributed by atoms with van der Waals surface area (Å²) in [4.78, 5) is 11.7. The van der Waals surface area contributed by atoms with Crippen LogP contribution in [-0.2, 0) is 6.42 Å². The van der Waals surface area contributed by atoms with Gasteiger partial charge in [0.15, 0.2) is 0 Å². The Labute approximate surface area is 137 Å². The molecule has 1 rings (SSSR count). The van der Waals surface area contributed by atoms with E-state index in [4.69, 9.17) is 4.98 Å². The number of nitrogens with zero attached hydrogens (tertiary/aromatic N) is 3. The lowest BCUT2D eigenvalue weighted by molar-refractivity contribution is 0.323. The molecule has 0 aliphatic rings. The van der Waals surface area contributed by atoms with E-state index in [-0.39, 0.29) is 0 Å². The van der Waals surface area contributed by atoms with Gasteiger partial charge in [0, 0.05) is 25.7 Å². The second kappa shape index (κ2) is 9.81. The van der Waals surface area contributed by atoms with E-state index in [9.17, 15) is 0 Å². The van der Waals surface area contributed by atoms with E-state index in [1.165, 1.54) is 38.5 Å². The topological polar surface area (TPSA) is 29.0 Å². The van der Waals surface area contributed by atoms with Crippen molar-refractivity contribution in [3.05, 3.63) is 18.1 Å². The van der Waals surface area contributed by atoms with E-state index < -0.39 is 0 Å². The van der Waals surface area contributed by atoms with Gasteiger partial charge in [0.1, 0.15) is 11.6 Å². The summed E-state index contributed by atoms with van der Waals surface area (Å²) in [6.07, 6.45) is 10.2. The summed E-state index contributed by atoms with van der Waals surface area (Å²) >= 11 is 0. The second-order valence-corrected chi connectivity index (χ2v) is 7.04. The Morgan fingerprint density at radius 3 is 2.41 bits per heavy atom. The minimum absolute atomic E-state index is 0.405. The van der Waals surface area contributed by atoms with Gasteiger partial charge in [0.05, 0.1) is 0 Å². The van der Waals surface area contributed by atoms with E-state index in [0.29, 0.717) is 5.41 Å². The predicted molar refractivity (Wildman–Crippen MR) is 96.5 cm³/mol. The molecule has 0 saturated carbocycles. The van der Waals surface area contributed by atoms with Crippen LogP contribution in [-0.4, -0.2) is 23.1 Å². The number of aryl methyl sites for hydroxylation is 1. The van der Waals surface area contributed by atoms with Gasteiger partial charge in [-0.3, -0.25) is 0 Å². The fourth-order valence-electron chi connectivity index (χ4n) is 2.32. The zero-order valence-corrected chi connectivity index (χ0v) is 15.4. The van der Waals surface area contributed by atoms with Crippen LogP contribution in [0.15, 0.2) is 12.3 Å². The molecule has 3 heteroatoms. The van der Waals surface area contributed by atoms with Crippen molar-refractivity contribution in [3.8, 4) is 0 Å². The molecule has 0 aromatic carbocycles. The molecule has 0 fully saturated rings. The Morgan fingerprint density at radius 2 is 1.77 bits per heavy atom. The third-order valence-corrected chi connectivity index (χ3v) is 4.57. The van der Waals surface area contributed by atoms with Crippen LogP contribution in [0, 0.1) is 5.41 Å². The van der Waals surface area contributed by atoms with Crippen LogP contribution in [0.5, 0.6) is 0 Å². The van der Waals surface area contributed by atoms with E-state index in [1.54, 1.807) is 0 Å². The maximum absolute atomic E-state index is 4.80. The molecule has 0 spiro atoms. The van der Waals surface area contributed by atoms with Gasteiger partial charge in [-0.15, -0.1) is 0 Å². The van der Waals surface area contributed by atoms with Gasteiger partial charge < -0.3 is 4.90 Å². The number of aromatic nitrogens is 2. The van der Waals surface area contributed by atoms with Crippen LogP contribution < -0.4 is 4.90 Å². The van der Waals surface area contributed by atoms with Crippen LogP contribution >= 0.6 is 0 Å². The van der Waals surface area contributed by atoms with Crippen molar-refractivity contribution in [1.29, 1.82) is 0 Å². The normalized spacial score (nSPS) is 11.7. The van der Waals surface area contributed by atoms with Crippen LogP contribution in [0.3, 0.4) is 0 Å². The SMILES string of the molecule is CCCCc1nccc(N(CCCC)CCC(C)(C)CC)n1. The quantitative estimate of drug-likeness (QED) is 0.559. The highest BCUT2D eigenvalue weighted by atomic mass is 15.2. The Morgan fingerprint density at radius 1 is 1.05 bits per heavy atom. The zero-order chi connectivity index (χ0) is 16.4. The summed E-state index contributed by atoms with van der Waals surface area (Å²) < 4.78 is 0. The van der Waals surface area contributed by atoms with Crippen molar-refractivity contribution in [2.75, 3.05) is 18.0 Å². The monoisotopic (exact) mass is 305 g/mol. The van der Waals surface area contributed by atoms with Crippen LogP contribution in [0.4, 0.5) is 5.82 Å². The van der Waals surface area contributed by atoms with E-state index in [2.05, 4.69) is 50.6 Å². The fourth-order valence-corrected chi connectivity index (χ4v) is 2.32. The number of hydrogen-bond donors (Lipinski definition) is 0. The molecular weight excluding hydrogens is 270 g/mol. The second-order valence-electron chi connectivity index (χ2n) is 7.04. The minimum Gasteiger partial charge on any atom is -0.356 e. The van der Waals surface area contributed by atoms with Crippen molar-refractivity contribution >= 4 is 5.82 Å². The van der Waals surface area contributed by atoms with Gasteiger partial charge in [-0.25, -0.2) is 9.97 Å². The van der Waals surface area contributed by atoms with E-state index in [1.807, 2.05) is 6.20 Å². The number of hydrogen-bond acceptors (Lipinski definition) is 3. The predicted octanol–water partition coefficient (Wildman–Crippen LogP) is 5.25. The molecule has 0 bridgehead atoms. The summed E-state index contributed by atoms with van der Waals surface area (Å²) in [6.45, 7) is 13.6. The lowest BCUT2D eigenvalue weighted by Gasteiger charge is -2.29. The highest BCUT2D eigenvalue weighted by Gasteiger charge is 2.18. The summed E-state index contributed by atoms with van der Waals surface area (Å²) in [7, 11) is 0. The van der Waals surface area contributed by atoms with Gasteiger partial charge >= 0.3 is 0 Å². The molecule has 0 amide bonds. The lowest BCUT2D eigenvalue weighted by atomic mass is 9.86. The molecule has 0 aliphatic carbocycles. The van der Waals surface area contributed by atoms with Gasteiger partial charge in [-0.2, -0.15) is 0 Å². The molecule has 0 N–H and O–H groups in total. The molecule has 0 radical (unpaired) electrons. The molecule has 3 nitrogen and oxygen atoms in total. The van der Waals surface area contributed by atoms with Crippen LogP contribution in [0.1, 0.15) is 79.0 Å². The largest absolute Gasteiger partial charge is 0.356 e. The van der Waals surface area contributed by atoms with Gasteiger partial charge in [-0.1, -0.05) is 53.9 Å². The van der Waals surface area contributed by atoms with Crippen molar-refractivity contribution in [2.24, 2.45) is 5.41 Å². The molecule has 1 aromatic heterocycles. The molecule has 22 heavy (non-hydrogen) atoms. The van der Waals surface area contributed by atoms with Crippen LogP contribution in [0.25, 0.3) is 0 Å². The average molecular weight is 306 g/mol. The Bertz CT molecular complexity index is 415. The minimum atomic E-state index is 0.405. The maximum atomic E-state index is 4.80. The Balaban J connectivity index is 2.77. The Hall–Kier alpha value is -1.12. The first kappa shape index (κ1) is 18.9. The third kappa shape index (κ3) is 6.76. The standard InChI is InChI=1S/C19H35N3/c1-6-9-11-17-20-14-12-18(21-17)22(15-10-7-2)16-13-19(4,5)8-3/h12,14H,6-11,13,15-16H2,1-5H3. The van der Waals surface area contributed by atoms with E-state index >= 15 is 0 Å². The first-order valence-corrected chi connectivity index (χ1v) is 9.09. The highest BCUT2D eigenvalue weighted by molar-refractivity contribution is 5.37. The van der Waals surface area contributed by atoms with Gasteiger partial charge in [-0.05, 0) is 30.7 Å². The van der Waals surface area contributed by atoms with Crippen molar-refractivity contribution in [3.63, 3.8) is 0 Å². The molecule has 0 unspecified atom stereocenters. The fraction of sp³-hybridized carbons (Fsp3) is 0.789. The summed E-state index contributed by atoms with van der Waals surface area (Å²) in [6, 6.07) is 2.07. The first-order chi connectivity index (χ1) is 10.5. The van der Waals surface area contributed by atoms with Crippen molar-refractivity contribution in [2.45, 2.75) is 79.6 Å². The molecule has 1 aromatic rings. The molecule has 0 atom stereocenters. The number of unbranched alkanes of at least 4 members (excludes halogenated alkanes) is 2. The van der Waals surface area contributed by atoms with Gasteiger partial charge in [0.2, 0.25) is 0 Å². The number of rotatable bonds is 11. The number of anilines is 1. The highest BCUT2D eigenvalue weighted by Crippen LogP contribution is 2.26. The zero-order valence-electron chi connectivity index (χ0n) is 15.4. The molecule has 1 heterocycles. The molecule has 126 valence electrons. The lowest BCUT2D eigenvalue weighted by Crippen LogP contribution is -2.30.